The molecular formula is C48H64F3N5O4. The number of hydrogen-bond donors (Lipinski definition) is 3. The Balaban J connectivity index is 1.13. The number of allylic oxidation sites excluding steroid dienone is 1. The summed E-state index contributed by atoms with van der Waals surface area (Å²) in [5.41, 5.74) is 4.63. The molecule has 1 aromatic heterocycles. The van der Waals surface area contributed by atoms with Gasteiger partial charge in [0.1, 0.15) is 11.5 Å². The summed E-state index contributed by atoms with van der Waals surface area (Å²) in [7, 11) is 0. The molecule has 2 atom stereocenters. The third-order valence-corrected chi connectivity index (χ3v) is 12.7. The highest BCUT2D eigenvalue weighted by atomic mass is 19.3. The molecule has 3 aliphatic rings. The summed E-state index contributed by atoms with van der Waals surface area (Å²) in [6, 6.07) is 15.6. The highest BCUT2D eigenvalue weighted by molar-refractivity contribution is 6.03. The maximum Gasteiger partial charge on any atom is 0.248 e. The van der Waals surface area contributed by atoms with Crippen molar-refractivity contribution in [3.05, 3.63) is 72.3 Å². The zero-order valence-corrected chi connectivity index (χ0v) is 36.4. The number of carbonyl (C=O) groups excluding carboxylic acids is 2. The summed E-state index contributed by atoms with van der Waals surface area (Å²) in [4.78, 5) is 44.2. The molecule has 2 heterocycles. The number of aliphatic hydroxyl groups is 2. The molecule has 2 amide bonds. The number of aromatic amines is 1. The number of aromatic nitrogens is 2. The molecule has 60 heavy (non-hydrogen) atoms. The van der Waals surface area contributed by atoms with Crippen molar-refractivity contribution in [2.24, 2.45) is 27.7 Å². The zero-order valence-electron chi connectivity index (χ0n) is 36.4. The van der Waals surface area contributed by atoms with Gasteiger partial charge in [0.05, 0.1) is 37.2 Å². The van der Waals surface area contributed by atoms with Crippen LogP contribution in [0.25, 0.3) is 28.0 Å². The number of carbonyl (C=O) groups is 2. The Labute approximate surface area is 353 Å². The highest BCUT2D eigenvalue weighted by Gasteiger charge is 2.44. The number of aliphatic imine (C=N–C) groups is 1. The molecule has 2 aromatic carbocycles. The molecule has 326 valence electrons. The van der Waals surface area contributed by atoms with Gasteiger partial charge in [0, 0.05) is 56.1 Å². The molecule has 6 rings (SSSR count). The Morgan fingerprint density at radius 1 is 0.733 bits per heavy atom. The van der Waals surface area contributed by atoms with E-state index < -0.39 is 29.0 Å². The number of halogens is 3. The number of hydrogen-bond acceptors (Lipinski definition) is 6. The molecular weight excluding hydrogens is 768 g/mol. The second-order valence-corrected chi connectivity index (χ2v) is 19.7. The lowest BCUT2D eigenvalue weighted by molar-refractivity contribution is -0.146. The Morgan fingerprint density at radius 2 is 1.18 bits per heavy atom. The first-order valence-corrected chi connectivity index (χ1v) is 21.6. The number of H-pyrrole nitrogens is 1. The summed E-state index contributed by atoms with van der Waals surface area (Å²) in [6.07, 6.45) is 5.54. The summed E-state index contributed by atoms with van der Waals surface area (Å²) in [5, 5.41) is 20.0. The number of rotatable bonds is 13. The molecule has 9 nitrogen and oxygen atoms in total. The number of nitrogens with zero attached hydrogens (tertiary/aromatic N) is 4. The van der Waals surface area contributed by atoms with E-state index in [0.29, 0.717) is 37.9 Å². The Bertz CT molecular complexity index is 2010. The van der Waals surface area contributed by atoms with Crippen LogP contribution in [0.4, 0.5) is 13.2 Å². The molecule has 12 heteroatoms. The van der Waals surface area contributed by atoms with Crippen molar-refractivity contribution in [3.8, 4) is 22.4 Å². The molecule has 3 aromatic rings. The topological polar surface area (TPSA) is 122 Å². The third-order valence-electron chi connectivity index (χ3n) is 12.7. The van der Waals surface area contributed by atoms with Crippen LogP contribution in [0, 0.1) is 22.7 Å². The maximum absolute atomic E-state index is 14.6. The van der Waals surface area contributed by atoms with Crippen molar-refractivity contribution >= 4 is 23.1 Å². The fourth-order valence-corrected chi connectivity index (χ4v) is 9.48. The van der Waals surface area contributed by atoms with Gasteiger partial charge in [-0.15, -0.1) is 0 Å². The molecule has 3 N–H and O–H groups in total. The van der Waals surface area contributed by atoms with Crippen LogP contribution in [0.5, 0.6) is 0 Å². The van der Waals surface area contributed by atoms with E-state index in [0.717, 1.165) is 39.2 Å². The Morgan fingerprint density at radius 3 is 1.67 bits per heavy atom. The first-order valence-electron chi connectivity index (χ1n) is 21.6. The number of alkyl halides is 3. The van der Waals surface area contributed by atoms with Crippen LogP contribution in [0.1, 0.15) is 124 Å². The van der Waals surface area contributed by atoms with Crippen LogP contribution in [0.15, 0.2) is 65.9 Å². The minimum Gasteiger partial charge on any atom is -0.395 e. The molecule has 2 saturated carbocycles. The lowest BCUT2D eigenvalue weighted by Crippen LogP contribution is -2.54. The quantitative estimate of drug-likeness (QED) is 0.158. The van der Waals surface area contributed by atoms with Gasteiger partial charge in [-0.1, -0.05) is 90.1 Å². The van der Waals surface area contributed by atoms with Gasteiger partial charge in [0.25, 0.3) is 0 Å². The normalized spacial score (nSPS) is 22.2. The van der Waals surface area contributed by atoms with Gasteiger partial charge >= 0.3 is 0 Å². The first kappa shape index (κ1) is 45.2. The predicted molar refractivity (Wildman–Crippen MR) is 231 cm³/mol. The number of aliphatic hydroxyl groups excluding tert-OH is 2. The third kappa shape index (κ3) is 10.4. The summed E-state index contributed by atoms with van der Waals surface area (Å²) < 4.78 is 42.5. The molecule has 0 spiro atoms. The van der Waals surface area contributed by atoms with Gasteiger partial charge in [-0.25, -0.2) is 18.2 Å². The van der Waals surface area contributed by atoms with Crippen LogP contribution in [-0.2, 0) is 9.59 Å². The zero-order chi connectivity index (χ0) is 43.6. The number of amides is 2. The second-order valence-electron chi connectivity index (χ2n) is 19.7. The summed E-state index contributed by atoms with van der Waals surface area (Å²) >= 11 is 0. The number of nitrogens with one attached hydrogen (secondary N) is 1. The van der Waals surface area contributed by atoms with Gasteiger partial charge in [-0.2, -0.15) is 0 Å². The summed E-state index contributed by atoms with van der Waals surface area (Å²) in [6.45, 7) is 13.7. The smallest absolute Gasteiger partial charge is 0.248 e. The molecule has 0 unspecified atom stereocenters. The molecule has 0 radical (unpaired) electrons. The Hall–Kier alpha value is -4.29. The fraction of sp³-hybridized carbons (Fsp3) is 0.583. The van der Waals surface area contributed by atoms with Crippen molar-refractivity contribution < 1.29 is 33.0 Å². The number of benzene rings is 2. The molecule has 2 fully saturated rings. The lowest BCUT2D eigenvalue weighted by Gasteiger charge is -2.43. The van der Waals surface area contributed by atoms with Crippen molar-refractivity contribution in [3.63, 3.8) is 0 Å². The first-order chi connectivity index (χ1) is 28.2. The second kappa shape index (κ2) is 18.0. The minimum absolute atomic E-state index is 0.0299. The monoisotopic (exact) mass is 831 g/mol. The van der Waals surface area contributed by atoms with E-state index in [2.05, 4.69) is 50.0 Å². The van der Waals surface area contributed by atoms with E-state index >= 15 is 0 Å². The van der Waals surface area contributed by atoms with Crippen LogP contribution in [-0.4, -0.2) is 91.4 Å². The minimum atomic E-state index is -2.74. The van der Waals surface area contributed by atoms with Crippen LogP contribution >= 0.6 is 0 Å². The molecule has 1 aliphatic heterocycles. The van der Waals surface area contributed by atoms with Gasteiger partial charge in [0.2, 0.25) is 17.7 Å². The van der Waals surface area contributed by atoms with Crippen LogP contribution < -0.4 is 0 Å². The standard InChI is InChI=1S/C48H64F3N5O4/c1-45(2,3)40(55(24-26-57)43(59)35-16-20-47(7,49)21-17-35)38-28-37(29-52-38)33-10-8-31(9-11-33)32-12-14-34(15-13-32)39-30-53-42(54-39)41(46(4,5)6)56(25-27-58)44(60)36-18-22-48(50,51)23-19-36/h8-15,29-30,35-36,40-41,57-58H,16-28H2,1-7H3,(H,53,54)/t35?,40-,41-,47?/m1/s1. The Kier molecular flexibility index (Phi) is 13.6. The van der Waals surface area contributed by atoms with Crippen molar-refractivity contribution in [1.82, 2.24) is 19.8 Å². The van der Waals surface area contributed by atoms with E-state index in [9.17, 15) is 33.0 Å². The van der Waals surface area contributed by atoms with E-state index in [1.54, 1.807) is 22.9 Å². The highest BCUT2D eigenvalue weighted by Crippen LogP contribution is 2.43. The van der Waals surface area contributed by atoms with E-state index in [1.165, 1.54) is 0 Å². The lowest BCUT2D eigenvalue weighted by atomic mass is 9.77. The molecule has 0 saturated heterocycles. The summed E-state index contributed by atoms with van der Waals surface area (Å²) in [5.74, 6) is -3.21. The maximum atomic E-state index is 14.6. The van der Waals surface area contributed by atoms with Gasteiger partial charge in [-0.05, 0) is 84.1 Å². The van der Waals surface area contributed by atoms with Gasteiger partial charge in [0.15, 0.2) is 0 Å². The molecule has 0 bridgehead atoms. The van der Waals surface area contributed by atoms with E-state index in [1.807, 2.05) is 51.2 Å². The fourth-order valence-electron chi connectivity index (χ4n) is 9.48. The van der Waals surface area contributed by atoms with Gasteiger partial charge < -0.3 is 25.0 Å². The average Bonchev–Trinajstić information content (AvgIpc) is 3.87. The number of imidazole rings is 1. The van der Waals surface area contributed by atoms with Crippen molar-refractivity contribution in [2.45, 2.75) is 130 Å². The molecule has 2 aliphatic carbocycles. The SMILES string of the molecule is CC1(F)CCC(C(=O)N(CCO)[C@H](C2=NC=C(c3ccc(-c4ccc(-c5cnc([C@@H](N(CCO)C(=O)C6CCC(F)(F)CC6)C(C)(C)C)[nH]5)cc4)cc3)C2)C(C)(C)C)CC1. The van der Waals surface area contributed by atoms with Crippen molar-refractivity contribution in [1.29, 1.82) is 0 Å². The van der Waals surface area contributed by atoms with E-state index in [-0.39, 0.29) is 81.2 Å². The van der Waals surface area contributed by atoms with Crippen molar-refractivity contribution in [2.75, 3.05) is 26.3 Å². The average molecular weight is 832 g/mol. The van der Waals surface area contributed by atoms with Gasteiger partial charge in [-0.3, -0.25) is 14.6 Å². The predicted octanol–water partition coefficient (Wildman–Crippen LogP) is 9.82. The van der Waals surface area contributed by atoms with Crippen LogP contribution in [0.3, 0.4) is 0 Å². The largest absolute Gasteiger partial charge is 0.395 e. The van der Waals surface area contributed by atoms with Crippen LogP contribution in [0.2, 0.25) is 0 Å². The van der Waals surface area contributed by atoms with E-state index in [4.69, 9.17) is 9.98 Å².